The molecular formula is C11H6Cl2N4O3. The highest BCUT2D eigenvalue weighted by Crippen LogP contribution is 2.21. The second kappa shape index (κ2) is 5.81. The van der Waals surface area contributed by atoms with Gasteiger partial charge in [0.25, 0.3) is 11.6 Å². The molecule has 102 valence electrons. The molecule has 0 fully saturated rings. The summed E-state index contributed by atoms with van der Waals surface area (Å²) in [5, 5.41) is 13.4. The number of carbonyl (C=O) groups excluding carboxylic acids is 1. The Morgan fingerprint density at radius 1 is 1.20 bits per heavy atom. The molecule has 9 heteroatoms. The minimum atomic E-state index is -0.635. The fourth-order valence-corrected chi connectivity index (χ4v) is 1.78. The summed E-state index contributed by atoms with van der Waals surface area (Å²) in [6.45, 7) is 0. The Morgan fingerprint density at radius 2 is 1.95 bits per heavy atom. The minimum Gasteiger partial charge on any atom is -0.306 e. The van der Waals surface area contributed by atoms with E-state index in [4.69, 9.17) is 23.2 Å². The summed E-state index contributed by atoms with van der Waals surface area (Å²) in [5.74, 6) is -0.414. The van der Waals surface area contributed by atoms with E-state index < -0.39 is 10.8 Å². The van der Waals surface area contributed by atoms with Crippen LogP contribution in [0.25, 0.3) is 0 Å². The Kier molecular flexibility index (Phi) is 4.11. The van der Waals surface area contributed by atoms with Gasteiger partial charge in [-0.1, -0.05) is 23.2 Å². The molecule has 0 aliphatic rings. The van der Waals surface area contributed by atoms with E-state index >= 15 is 0 Å². The molecule has 0 radical (unpaired) electrons. The van der Waals surface area contributed by atoms with Crippen LogP contribution in [-0.2, 0) is 0 Å². The average Bonchev–Trinajstić information content (AvgIpc) is 2.37. The van der Waals surface area contributed by atoms with Gasteiger partial charge in [0.05, 0.1) is 4.92 Å². The number of benzene rings is 1. The number of hydrogen-bond donors (Lipinski definition) is 1. The first-order chi connectivity index (χ1) is 9.45. The summed E-state index contributed by atoms with van der Waals surface area (Å²) in [4.78, 5) is 29.5. The quantitative estimate of drug-likeness (QED) is 0.533. The lowest BCUT2D eigenvalue weighted by atomic mass is 10.2. The number of nitrogens with one attached hydrogen (secondary N) is 1. The molecule has 0 spiro atoms. The van der Waals surface area contributed by atoms with Gasteiger partial charge in [-0.3, -0.25) is 14.9 Å². The van der Waals surface area contributed by atoms with Gasteiger partial charge < -0.3 is 5.32 Å². The van der Waals surface area contributed by atoms with Crippen molar-refractivity contribution in [2.45, 2.75) is 0 Å². The molecule has 20 heavy (non-hydrogen) atoms. The van der Waals surface area contributed by atoms with Gasteiger partial charge in [0, 0.05) is 28.8 Å². The Labute approximate surface area is 122 Å². The predicted molar refractivity (Wildman–Crippen MR) is 73.1 cm³/mol. The van der Waals surface area contributed by atoms with Gasteiger partial charge in [0.1, 0.15) is 17.3 Å². The van der Waals surface area contributed by atoms with Crippen molar-refractivity contribution in [1.82, 2.24) is 9.97 Å². The first-order valence-electron chi connectivity index (χ1n) is 5.19. The first kappa shape index (κ1) is 14.2. The molecule has 1 amide bonds. The van der Waals surface area contributed by atoms with Crippen LogP contribution in [0.2, 0.25) is 10.2 Å². The highest BCUT2D eigenvalue weighted by molar-refractivity contribution is 6.31. The average molecular weight is 313 g/mol. The molecule has 7 nitrogen and oxygen atoms in total. The molecule has 0 unspecified atom stereocenters. The Balaban J connectivity index is 2.27. The number of hydrogen-bond acceptors (Lipinski definition) is 5. The van der Waals surface area contributed by atoms with Gasteiger partial charge in [0.2, 0.25) is 0 Å². The van der Waals surface area contributed by atoms with Crippen molar-refractivity contribution in [3.63, 3.8) is 0 Å². The molecule has 1 aromatic heterocycles. The van der Waals surface area contributed by atoms with E-state index in [0.717, 1.165) is 12.1 Å². The zero-order chi connectivity index (χ0) is 14.7. The fraction of sp³-hybridized carbons (Fsp3) is 0. The van der Waals surface area contributed by atoms with Crippen molar-refractivity contribution in [3.05, 3.63) is 56.4 Å². The zero-order valence-corrected chi connectivity index (χ0v) is 11.2. The molecule has 0 aliphatic heterocycles. The summed E-state index contributed by atoms with van der Waals surface area (Å²) in [6, 6.07) is 4.93. The number of rotatable bonds is 3. The third kappa shape index (κ3) is 3.40. The van der Waals surface area contributed by atoms with E-state index in [1.165, 1.54) is 18.5 Å². The predicted octanol–water partition coefficient (Wildman–Crippen LogP) is 2.94. The van der Waals surface area contributed by atoms with E-state index in [-0.39, 0.29) is 27.2 Å². The number of nitro groups is 1. The Hall–Kier alpha value is -2.25. The Morgan fingerprint density at radius 3 is 2.60 bits per heavy atom. The van der Waals surface area contributed by atoms with Crippen LogP contribution < -0.4 is 5.32 Å². The number of halogens is 2. The van der Waals surface area contributed by atoms with Crippen LogP contribution >= 0.6 is 23.2 Å². The van der Waals surface area contributed by atoms with Gasteiger partial charge >= 0.3 is 0 Å². The van der Waals surface area contributed by atoms with E-state index in [2.05, 4.69) is 15.3 Å². The normalized spacial score (nSPS) is 10.1. The summed E-state index contributed by atoms with van der Waals surface area (Å²) < 4.78 is 0. The van der Waals surface area contributed by atoms with Crippen molar-refractivity contribution in [2.24, 2.45) is 0 Å². The van der Waals surface area contributed by atoms with Crippen LogP contribution in [0.3, 0.4) is 0 Å². The monoisotopic (exact) mass is 312 g/mol. The molecule has 0 atom stereocenters. The maximum Gasteiger partial charge on any atom is 0.271 e. The molecule has 2 aromatic rings. The topological polar surface area (TPSA) is 98.0 Å². The van der Waals surface area contributed by atoms with Crippen LogP contribution in [0.5, 0.6) is 0 Å². The molecule has 0 bridgehead atoms. The van der Waals surface area contributed by atoms with Crippen LogP contribution in [0, 0.1) is 10.1 Å². The number of nitro benzene ring substituents is 1. The van der Waals surface area contributed by atoms with Gasteiger partial charge in [-0.2, -0.15) is 0 Å². The molecule has 2 rings (SSSR count). The van der Waals surface area contributed by atoms with Crippen molar-refractivity contribution < 1.29 is 9.72 Å². The second-order valence-corrected chi connectivity index (χ2v) is 4.46. The first-order valence-corrected chi connectivity index (χ1v) is 5.95. The molecule has 0 saturated carbocycles. The number of carbonyl (C=O) groups is 1. The molecule has 1 heterocycles. The SMILES string of the molecule is O=C(Nc1cc(Cl)ncn1)c1cc(Cl)cc([N+](=O)[O-])c1. The maximum absolute atomic E-state index is 12.0. The van der Waals surface area contributed by atoms with E-state index in [1.54, 1.807) is 0 Å². The van der Waals surface area contributed by atoms with Crippen molar-refractivity contribution >= 4 is 40.6 Å². The lowest BCUT2D eigenvalue weighted by molar-refractivity contribution is -0.384. The smallest absolute Gasteiger partial charge is 0.271 e. The van der Waals surface area contributed by atoms with Crippen LogP contribution in [0.15, 0.2) is 30.6 Å². The van der Waals surface area contributed by atoms with E-state index in [9.17, 15) is 14.9 Å². The second-order valence-electron chi connectivity index (χ2n) is 3.64. The molecule has 1 N–H and O–H groups in total. The van der Waals surface area contributed by atoms with Gasteiger partial charge in [0.15, 0.2) is 0 Å². The lowest BCUT2D eigenvalue weighted by Gasteiger charge is -2.04. The van der Waals surface area contributed by atoms with Gasteiger partial charge in [-0.25, -0.2) is 9.97 Å². The standard InChI is InChI=1S/C11H6Cl2N4O3/c12-7-1-6(2-8(3-7)17(19)20)11(18)16-10-4-9(13)14-5-15-10/h1-5H,(H,14,15,16,18). The largest absolute Gasteiger partial charge is 0.306 e. The summed E-state index contributed by atoms with van der Waals surface area (Å²) in [5.41, 5.74) is -0.234. The lowest BCUT2D eigenvalue weighted by Crippen LogP contribution is -2.13. The number of amides is 1. The fourth-order valence-electron chi connectivity index (χ4n) is 1.40. The van der Waals surface area contributed by atoms with Crippen LogP contribution in [0.4, 0.5) is 11.5 Å². The Bertz CT molecular complexity index is 693. The zero-order valence-electron chi connectivity index (χ0n) is 9.71. The molecule has 1 aromatic carbocycles. The van der Waals surface area contributed by atoms with Crippen molar-refractivity contribution in [2.75, 3.05) is 5.32 Å². The molecule has 0 saturated heterocycles. The maximum atomic E-state index is 12.0. The number of aromatic nitrogens is 2. The third-order valence-corrected chi connectivity index (χ3v) is 2.66. The number of nitrogens with zero attached hydrogens (tertiary/aromatic N) is 3. The highest BCUT2D eigenvalue weighted by Gasteiger charge is 2.14. The number of anilines is 1. The summed E-state index contributed by atoms with van der Waals surface area (Å²) >= 11 is 11.4. The molecular weight excluding hydrogens is 307 g/mol. The van der Waals surface area contributed by atoms with Crippen LogP contribution in [0.1, 0.15) is 10.4 Å². The molecule has 0 aliphatic carbocycles. The summed E-state index contributed by atoms with van der Waals surface area (Å²) in [6.07, 6.45) is 1.18. The van der Waals surface area contributed by atoms with Crippen molar-refractivity contribution in [1.29, 1.82) is 0 Å². The highest BCUT2D eigenvalue weighted by atomic mass is 35.5. The van der Waals surface area contributed by atoms with Gasteiger partial charge in [-0.15, -0.1) is 0 Å². The van der Waals surface area contributed by atoms with Crippen LogP contribution in [-0.4, -0.2) is 20.8 Å². The summed E-state index contributed by atoms with van der Waals surface area (Å²) in [7, 11) is 0. The van der Waals surface area contributed by atoms with E-state index in [1.807, 2.05) is 0 Å². The van der Waals surface area contributed by atoms with Gasteiger partial charge in [-0.05, 0) is 6.07 Å². The van der Waals surface area contributed by atoms with Crippen molar-refractivity contribution in [3.8, 4) is 0 Å². The third-order valence-electron chi connectivity index (χ3n) is 2.23. The van der Waals surface area contributed by atoms with E-state index in [0.29, 0.717) is 0 Å². The minimum absolute atomic E-state index is 0.0407. The number of non-ortho nitro benzene ring substituents is 1.